The van der Waals surface area contributed by atoms with Crippen LogP contribution in [-0.4, -0.2) is 25.5 Å². The van der Waals surface area contributed by atoms with Crippen molar-refractivity contribution in [3.05, 3.63) is 54.1 Å². The molecule has 1 fully saturated rings. The number of nitrogens with zero attached hydrogens (tertiary/aromatic N) is 1. The third-order valence-corrected chi connectivity index (χ3v) is 3.77. The number of carbonyl (C=O) groups is 2. The summed E-state index contributed by atoms with van der Waals surface area (Å²) >= 11 is 0. The fourth-order valence-electron chi connectivity index (χ4n) is 2.53. The Labute approximate surface area is 129 Å². The van der Waals surface area contributed by atoms with E-state index in [1.54, 1.807) is 17.0 Å². The van der Waals surface area contributed by atoms with E-state index in [9.17, 15) is 9.59 Å². The molecule has 2 aromatic carbocycles. The van der Waals surface area contributed by atoms with Crippen LogP contribution in [0.1, 0.15) is 17.3 Å². The van der Waals surface area contributed by atoms with E-state index in [1.807, 2.05) is 36.4 Å². The van der Waals surface area contributed by atoms with Gasteiger partial charge in [-0.15, -0.1) is 0 Å². The molecular formula is C18H17NO3. The van der Waals surface area contributed by atoms with Gasteiger partial charge in [0.15, 0.2) is 0 Å². The monoisotopic (exact) mass is 295 g/mol. The average Bonchev–Trinajstić information content (AvgIpc) is 2.57. The fourth-order valence-corrected chi connectivity index (χ4v) is 2.53. The lowest BCUT2D eigenvalue weighted by Crippen LogP contribution is -2.42. The van der Waals surface area contributed by atoms with Crippen LogP contribution in [0.2, 0.25) is 0 Å². The molecule has 4 nitrogen and oxygen atoms in total. The van der Waals surface area contributed by atoms with Crippen LogP contribution in [0.4, 0.5) is 10.5 Å². The Morgan fingerprint density at radius 1 is 1.05 bits per heavy atom. The lowest BCUT2D eigenvalue weighted by atomic mass is 10.0. The SMILES string of the molecule is C[C@H]1COC(=O)N(c2ccc(-c3ccc(C=O)cc3)cc2)C1. The summed E-state index contributed by atoms with van der Waals surface area (Å²) in [6.07, 6.45) is 0.539. The van der Waals surface area contributed by atoms with E-state index in [0.717, 1.165) is 23.1 Å². The normalized spacial score (nSPS) is 18.0. The Bertz CT molecular complexity index is 676. The summed E-state index contributed by atoms with van der Waals surface area (Å²) < 4.78 is 5.15. The summed E-state index contributed by atoms with van der Waals surface area (Å²) in [4.78, 5) is 24.2. The number of rotatable bonds is 3. The maximum absolute atomic E-state index is 11.8. The lowest BCUT2D eigenvalue weighted by molar-refractivity contribution is 0.112. The Morgan fingerprint density at radius 3 is 2.23 bits per heavy atom. The molecule has 0 radical (unpaired) electrons. The average molecular weight is 295 g/mol. The number of ether oxygens (including phenoxy) is 1. The Hall–Kier alpha value is -2.62. The van der Waals surface area contributed by atoms with Crippen molar-refractivity contribution in [3.8, 4) is 11.1 Å². The first-order chi connectivity index (χ1) is 10.7. The molecule has 1 saturated heterocycles. The highest BCUT2D eigenvalue weighted by molar-refractivity contribution is 5.88. The topological polar surface area (TPSA) is 46.6 Å². The van der Waals surface area contributed by atoms with Gasteiger partial charge in [0, 0.05) is 23.7 Å². The quantitative estimate of drug-likeness (QED) is 0.810. The van der Waals surface area contributed by atoms with Gasteiger partial charge < -0.3 is 4.74 Å². The van der Waals surface area contributed by atoms with E-state index in [1.165, 1.54) is 0 Å². The molecule has 1 aliphatic rings. The molecule has 22 heavy (non-hydrogen) atoms. The first kappa shape index (κ1) is 14.3. The van der Waals surface area contributed by atoms with Gasteiger partial charge in [-0.3, -0.25) is 9.69 Å². The highest BCUT2D eigenvalue weighted by atomic mass is 16.6. The van der Waals surface area contributed by atoms with Crippen molar-refractivity contribution in [1.29, 1.82) is 0 Å². The predicted octanol–water partition coefficient (Wildman–Crippen LogP) is 3.76. The third-order valence-electron chi connectivity index (χ3n) is 3.77. The number of anilines is 1. The van der Waals surface area contributed by atoms with Gasteiger partial charge in [0.25, 0.3) is 0 Å². The van der Waals surface area contributed by atoms with Crippen molar-refractivity contribution >= 4 is 18.1 Å². The standard InChI is InChI=1S/C18H17NO3/c1-13-10-19(18(21)22-12-13)17-8-6-16(7-9-17)15-4-2-14(11-20)3-5-15/h2-9,11,13H,10,12H2,1H3/t13-/m1/s1. The van der Waals surface area contributed by atoms with Crippen LogP contribution in [0.15, 0.2) is 48.5 Å². The Morgan fingerprint density at radius 2 is 1.64 bits per heavy atom. The van der Waals surface area contributed by atoms with Crippen LogP contribution in [0, 0.1) is 5.92 Å². The maximum Gasteiger partial charge on any atom is 0.414 e. The van der Waals surface area contributed by atoms with Crippen LogP contribution in [0.5, 0.6) is 0 Å². The molecule has 0 aromatic heterocycles. The predicted molar refractivity (Wildman–Crippen MR) is 85.1 cm³/mol. The molecular weight excluding hydrogens is 278 g/mol. The van der Waals surface area contributed by atoms with Crippen LogP contribution in [-0.2, 0) is 4.74 Å². The van der Waals surface area contributed by atoms with E-state index < -0.39 is 0 Å². The molecule has 1 amide bonds. The summed E-state index contributed by atoms with van der Waals surface area (Å²) in [5, 5.41) is 0. The number of carbonyl (C=O) groups excluding carboxylic acids is 2. The molecule has 0 spiro atoms. The molecule has 3 rings (SSSR count). The number of amides is 1. The molecule has 1 atom stereocenters. The van der Waals surface area contributed by atoms with Gasteiger partial charge in [0.2, 0.25) is 0 Å². The van der Waals surface area contributed by atoms with E-state index in [-0.39, 0.29) is 6.09 Å². The highest BCUT2D eigenvalue weighted by Gasteiger charge is 2.25. The van der Waals surface area contributed by atoms with Gasteiger partial charge in [0.1, 0.15) is 6.29 Å². The zero-order valence-corrected chi connectivity index (χ0v) is 12.4. The Balaban J connectivity index is 1.82. The largest absolute Gasteiger partial charge is 0.449 e. The lowest BCUT2D eigenvalue weighted by Gasteiger charge is -2.30. The number of benzene rings is 2. The van der Waals surface area contributed by atoms with Gasteiger partial charge in [0.05, 0.1) is 6.61 Å². The summed E-state index contributed by atoms with van der Waals surface area (Å²) in [6, 6.07) is 15.2. The van der Waals surface area contributed by atoms with Crippen molar-refractivity contribution in [2.24, 2.45) is 5.92 Å². The first-order valence-electron chi connectivity index (χ1n) is 7.27. The van der Waals surface area contributed by atoms with Gasteiger partial charge in [-0.1, -0.05) is 43.3 Å². The zero-order valence-electron chi connectivity index (χ0n) is 12.4. The first-order valence-corrected chi connectivity index (χ1v) is 7.27. The number of hydrogen-bond acceptors (Lipinski definition) is 3. The third kappa shape index (κ3) is 2.86. The van der Waals surface area contributed by atoms with Crippen molar-refractivity contribution in [1.82, 2.24) is 0 Å². The molecule has 0 aliphatic carbocycles. The molecule has 2 aromatic rings. The summed E-state index contributed by atoms with van der Waals surface area (Å²) in [5.74, 6) is 0.327. The molecule has 0 N–H and O–H groups in total. The molecule has 0 saturated carbocycles. The fraction of sp³-hybridized carbons (Fsp3) is 0.222. The minimum Gasteiger partial charge on any atom is -0.449 e. The molecule has 4 heteroatoms. The Kier molecular flexibility index (Phi) is 3.92. The number of cyclic esters (lactones) is 1. The van der Waals surface area contributed by atoms with Gasteiger partial charge in [-0.2, -0.15) is 0 Å². The second-order valence-electron chi connectivity index (χ2n) is 5.58. The minimum absolute atomic E-state index is 0.291. The van der Waals surface area contributed by atoms with Gasteiger partial charge >= 0.3 is 6.09 Å². The minimum atomic E-state index is -0.291. The maximum atomic E-state index is 11.8. The van der Waals surface area contributed by atoms with Crippen LogP contribution in [0.25, 0.3) is 11.1 Å². The van der Waals surface area contributed by atoms with Crippen LogP contribution >= 0.6 is 0 Å². The van der Waals surface area contributed by atoms with Crippen molar-refractivity contribution in [3.63, 3.8) is 0 Å². The summed E-state index contributed by atoms with van der Waals surface area (Å²) in [6.45, 7) is 3.21. The van der Waals surface area contributed by atoms with Crippen molar-refractivity contribution in [2.45, 2.75) is 6.92 Å². The van der Waals surface area contributed by atoms with Crippen LogP contribution in [0.3, 0.4) is 0 Å². The molecule has 112 valence electrons. The molecule has 1 aliphatic heterocycles. The van der Waals surface area contributed by atoms with Gasteiger partial charge in [-0.05, 0) is 23.3 Å². The van der Waals surface area contributed by atoms with E-state index >= 15 is 0 Å². The summed E-state index contributed by atoms with van der Waals surface area (Å²) in [7, 11) is 0. The summed E-state index contributed by atoms with van der Waals surface area (Å²) in [5.41, 5.74) is 3.57. The number of hydrogen-bond donors (Lipinski definition) is 0. The van der Waals surface area contributed by atoms with E-state index in [2.05, 4.69) is 6.92 Å². The smallest absolute Gasteiger partial charge is 0.414 e. The van der Waals surface area contributed by atoms with Gasteiger partial charge in [-0.25, -0.2) is 4.79 Å². The second kappa shape index (κ2) is 6.02. The zero-order chi connectivity index (χ0) is 15.5. The molecule has 0 unspecified atom stereocenters. The van der Waals surface area contributed by atoms with Crippen molar-refractivity contribution in [2.75, 3.05) is 18.1 Å². The molecule has 0 bridgehead atoms. The number of aldehydes is 1. The van der Waals surface area contributed by atoms with Crippen molar-refractivity contribution < 1.29 is 14.3 Å². The van der Waals surface area contributed by atoms with E-state index in [4.69, 9.17) is 4.74 Å². The second-order valence-corrected chi connectivity index (χ2v) is 5.58. The van der Waals surface area contributed by atoms with E-state index in [0.29, 0.717) is 24.6 Å². The molecule has 1 heterocycles. The highest BCUT2D eigenvalue weighted by Crippen LogP contribution is 2.25. The van der Waals surface area contributed by atoms with Crippen LogP contribution < -0.4 is 4.90 Å².